The van der Waals surface area contributed by atoms with E-state index in [4.69, 9.17) is 4.74 Å². The van der Waals surface area contributed by atoms with Gasteiger partial charge in [-0.15, -0.1) is 0 Å². The average molecular weight is 168 g/mol. The van der Waals surface area contributed by atoms with Crippen molar-refractivity contribution < 1.29 is 9.53 Å². The smallest absolute Gasteiger partial charge is 0.312 e. The van der Waals surface area contributed by atoms with E-state index in [0.29, 0.717) is 0 Å². The molecule has 0 atom stereocenters. The number of aromatic amines is 1. The van der Waals surface area contributed by atoms with Crippen LogP contribution in [0.1, 0.15) is 19.5 Å². The van der Waals surface area contributed by atoms with Gasteiger partial charge < -0.3 is 9.72 Å². The highest BCUT2D eigenvalue weighted by atomic mass is 16.5. The Labute approximate surface area is 71.0 Å². The Morgan fingerprint density at radius 1 is 1.75 bits per heavy atom. The molecule has 0 radical (unpaired) electrons. The third-order valence-corrected chi connectivity index (χ3v) is 1.26. The number of hydrogen-bond acceptors (Lipinski definition) is 3. The Hall–Kier alpha value is -1.32. The van der Waals surface area contributed by atoms with E-state index in [1.807, 2.05) is 13.8 Å². The average Bonchev–Trinajstić information content (AvgIpc) is 2.37. The van der Waals surface area contributed by atoms with E-state index in [1.54, 1.807) is 6.20 Å². The minimum atomic E-state index is -0.228. The number of nitrogens with one attached hydrogen (secondary N) is 1. The van der Waals surface area contributed by atoms with E-state index in [0.717, 1.165) is 5.69 Å². The maximum atomic E-state index is 11.1. The lowest BCUT2D eigenvalue weighted by molar-refractivity contribution is -0.146. The maximum absolute atomic E-state index is 11.1. The Balaban J connectivity index is 2.37. The summed E-state index contributed by atoms with van der Waals surface area (Å²) in [4.78, 5) is 17.7. The molecule has 4 heteroatoms. The van der Waals surface area contributed by atoms with Crippen molar-refractivity contribution in [3.8, 4) is 0 Å². The molecule has 66 valence electrons. The van der Waals surface area contributed by atoms with Crippen LogP contribution in [0.5, 0.6) is 0 Å². The molecule has 0 saturated carbocycles. The van der Waals surface area contributed by atoms with E-state index in [1.165, 1.54) is 6.33 Å². The molecule has 0 aliphatic heterocycles. The summed E-state index contributed by atoms with van der Waals surface area (Å²) in [6.45, 7) is 3.65. The van der Waals surface area contributed by atoms with Crippen LogP contribution in [-0.4, -0.2) is 22.0 Å². The molecule has 0 bridgehead atoms. The van der Waals surface area contributed by atoms with E-state index >= 15 is 0 Å². The maximum Gasteiger partial charge on any atom is 0.312 e. The molecular formula is C8H12N2O2. The summed E-state index contributed by atoms with van der Waals surface area (Å²) >= 11 is 0. The second-order valence-electron chi connectivity index (χ2n) is 2.79. The van der Waals surface area contributed by atoms with Crippen LogP contribution in [0.4, 0.5) is 0 Å². The van der Waals surface area contributed by atoms with E-state index < -0.39 is 0 Å². The van der Waals surface area contributed by atoms with Gasteiger partial charge in [-0.05, 0) is 13.8 Å². The lowest BCUT2D eigenvalue weighted by Crippen LogP contribution is -2.13. The number of carbonyl (C=O) groups excluding carboxylic acids is 1. The lowest BCUT2D eigenvalue weighted by Gasteiger charge is -2.05. The topological polar surface area (TPSA) is 55.0 Å². The predicted molar refractivity (Wildman–Crippen MR) is 43.5 cm³/mol. The zero-order valence-corrected chi connectivity index (χ0v) is 7.20. The van der Waals surface area contributed by atoms with Crippen LogP contribution in [0, 0.1) is 0 Å². The molecule has 0 spiro atoms. The SMILES string of the molecule is CC(C)OC(=O)Cc1cnc[nH]1. The van der Waals surface area contributed by atoms with Gasteiger partial charge in [0.2, 0.25) is 0 Å². The second-order valence-corrected chi connectivity index (χ2v) is 2.79. The summed E-state index contributed by atoms with van der Waals surface area (Å²) in [5.41, 5.74) is 0.778. The van der Waals surface area contributed by atoms with Crippen molar-refractivity contribution in [1.82, 2.24) is 9.97 Å². The first kappa shape index (κ1) is 8.77. The molecule has 0 aliphatic rings. The van der Waals surface area contributed by atoms with Gasteiger partial charge in [-0.1, -0.05) is 0 Å². The summed E-state index contributed by atoms with van der Waals surface area (Å²) in [6, 6.07) is 0. The summed E-state index contributed by atoms with van der Waals surface area (Å²) in [5, 5.41) is 0. The number of H-pyrrole nitrogens is 1. The van der Waals surface area contributed by atoms with Crippen LogP contribution in [0.3, 0.4) is 0 Å². The highest BCUT2D eigenvalue weighted by molar-refractivity contribution is 5.71. The minimum Gasteiger partial charge on any atom is -0.463 e. The monoisotopic (exact) mass is 168 g/mol. The molecule has 0 aromatic carbocycles. The van der Waals surface area contributed by atoms with Gasteiger partial charge in [0.15, 0.2) is 0 Å². The highest BCUT2D eigenvalue weighted by Gasteiger charge is 2.06. The number of aromatic nitrogens is 2. The predicted octanol–water partition coefficient (Wildman–Crippen LogP) is 0.904. The molecule has 1 aromatic heterocycles. The summed E-state index contributed by atoms with van der Waals surface area (Å²) < 4.78 is 4.94. The number of esters is 1. The van der Waals surface area contributed by atoms with Gasteiger partial charge in [0.05, 0.1) is 18.9 Å². The number of carbonyl (C=O) groups is 1. The zero-order valence-electron chi connectivity index (χ0n) is 7.20. The quantitative estimate of drug-likeness (QED) is 0.682. The van der Waals surface area contributed by atoms with Gasteiger partial charge in [0.25, 0.3) is 0 Å². The van der Waals surface area contributed by atoms with Crippen LogP contribution in [0.15, 0.2) is 12.5 Å². The van der Waals surface area contributed by atoms with Crippen molar-refractivity contribution in [3.05, 3.63) is 18.2 Å². The number of nitrogens with zero attached hydrogens (tertiary/aromatic N) is 1. The van der Waals surface area contributed by atoms with Crippen molar-refractivity contribution in [3.63, 3.8) is 0 Å². The Bertz CT molecular complexity index is 242. The molecule has 1 N–H and O–H groups in total. The summed E-state index contributed by atoms with van der Waals surface area (Å²) in [5.74, 6) is -0.228. The van der Waals surface area contributed by atoms with Crippen molar-refractivity contribution >= 4 is 5.97 Å². The van der Waals surface area contributed by atoms with Gasteiger partial charge in [-0.25, -0.2) is 4.98 Å². The van der Waals surface area contributed by atoms with Crippen molar-refractivity contribution in [1.29, 1.82) is 0 Å². The first-order valence-electron chi connectivity index (χ1n) is 3.85. The molecule has 1 heterocycles. The summed E-state index contributed by atoms with van der Waals surface area (Å²) in [7, 11) is 0. The first-order chi connectivity index (χ1) is 5.68. The van der Waals surface area contributed by atoms with Crippen LogP contribution >= 0.6 is 0 Å². The fourth-order valence-corrected chi connectivity index (χ4v) is 0.841. The molecule has 4 nitrogen and oxygen atoms in total. The van der Waals surface area contributed by atoms with Crippen molar-refractivity contribution in [2.45, 2.75) is 26.4 Å². The summed E-state index contributed by atoms with van der Waals surface area (Å²) in [6.07, 6.45) is 3.36. The third kappa shape index (κ3) is 2.74. The van der Waals surface area contributed by atoms with Gasteiger partial charge in [0, 0.05) is 11.9 Å². The Morgan fingerprint density at radius 3 is 3.00 bits per heavy atom. The third-order valence-electron chi connectivity index (χ3n) is 1.26. The number of imidazole rings is 1. The standard InChI is InChI=1S/C8H12N2O2/c1-6(2)12-8(11)3-7-4-9-5-10-7/h4-6H,3H2,1-2H3,(H,9,10). The van der Waals surface area contributed by atoms with Crippen molar-refractivity contribution in [2.24, 2.45) is 0 Å². The fraction of sp³-hybridized carbons (Fsp3) is 0.500. The van der Waals surface area contributed by atoms with Gasteiger partial charge in [0.1, 0.15) is 0 Å². The van der Waals surface area contributed by atoms with Crippen LogP contribution in [0.2, 0.25) is 0 Å². The molecule has 12 heavy (non-hydrogen) atoms. The van der Waals surface area contributed by atoms with E-state index in [9.17, 15) is 4.79 Å². The minimum absolute atomic E-state index is 0.0552. The second kappa shape index (κ2) is 3.90. The van der Waals surface area contributed by atoms with Gasteiger partial charge >= 0.3 is 5.97 Å². The molecule has 0 aliphatic carbocycles. The van der Waals surface area contributed by atoms with E-state index in [-0.39, 0.29) is 18.5 Å². The van der Waals surface area contributed by atoms with Crippen molar-refractivity contribution in [2.75, 3.05) is 0 Å². The normalized spacial score (nSPS) is 10.2. The molecule has 0 unspecified atom stereocenters. The van der Waals surface area contributed by atoms with Crippen LogP contribution < -0.4 is 0 Å². The zero-order chi connectivity index (χ0) is 8.97. The van der Waals surface area contributed by atoms with Crippen LogP contribution in [0.25, 0.3) is 0 Å². The van der Waals surface area contributed by atoms with Crippen LogP contribution in [-0.2, 0) is 16.0 Å². The molecule has 0 amide bonds. The van der Waals surface area contributed by atoms with Gasteiger partial charge in [-0.2, -0.15) is 0 Å². The van der Waals surface area contributed by atoms with Gasteiger partial charge in [-0.3, -0.25) is 4.79 Å². The molecule has 0 fully saturated rings. The number of hydrogen-bond donors (Lipinski definition) is 1. The lowest BCUT2D eigenvalue weighted by atomic mass is 10.3. The fourth-order valence-electron chi connectivity index (χ4n) is 0.841. The Kier molecular flexibility index (Phi) is 2.85. The highest BCUT2D eigenvalue weighted by Crippen LogP contribution is 1.97. The Morgan fingerprint density at radius 2 is 2.50 bits per heavy atom. The molecule has 0 saturated heterocycles. The molecular weight excluding hydrogens is 156 g/mol. The largest absolute Gasteiger partial charge is 0.463 e. The van der Waals surface area contributed by atoms with E-state index in [2.05, 4.69) is 9.97 Å². The molecule has 1 aromatic rings. The first-order valence-corrected chi connectivity index (χ1v) is 3.85. The number of rotatable bonds is 3. The molecule has 1 rings (SSSR count). The number of ether oxygens (including phenoxy) is 1.